The first-order valence-electron chi connectivity index (χ1n) is 5.70. The largest absolute Gasteiger partial charge is 0.392 e. The Morgan fingerprint density at radius 1 is 1.00 bits per heavy atom. The molecule has 0 atom stereocenters. The van der Waals surface area contributed by atoms with E-state index in [0.717, 1.165) is 0 Å². The van der Waals surface area contributed by atoms with E-state index in [9.17, 15) is 8.42 Å². The van der Waals surface area contributed by atoms with Crippen LogP contribution in [0, 0.1) is 0 Å². The van der Waals surface area contributed by atoms with Crippen LogP contribution in [0.15, 0.2) is 41.3 Å². The molecule has 0 saturated carbocycles. The standard InChI is InChI=1S/C13H10Cl3NO3S/c14-9-5-11(15)13(12(16)6-9)21(19,20)17-10-3-1-8(7-18)2-4-10/h1-6,17-18H,7H2. The number of sulfonamides is 1. The van der Waals surface area contributed by atoms with Crippen LogP contribution < -0.4 is 4.72 Å². The fourth-order valence-electron chi connectivity index (χ4n) is 1.67. The molecule has 4 nitrogen and oxygen atoms in total. The fourth-order valence-corrected chi connectivity index (χ4v) is 4.28. The minimum absolute atomic E-state index is 0.0630. The van der Waals surface area contributed by atoms with Crippen LogP contribution in [0.2, 0.25) is 15.1 Å². The second-order valence-corrected chi connectivity index (χ2v) is 7.03. The molecule has 0 aliphatic carbocycles. The molecule has 0 unspecified atom stereocenters. The smallest absolute Gasteiger partial charge is 0.264 e. The first kappa shape index (κ1) is 16.4. The number of aliphatic hydroxyl groups excluding tert-OH is 1. The zero-order valence-corrected chi connectivity index (χ0v) is 13.6. The summed E-state index contributed by atoms with van der Waals surface area (Å²) >= 11 is 17.6. The molecule has 0 aliphatic rings. The summed E-state index contributed by atoms with van der Waals surface area (Å²) in [6.45, 7) is -0.123. The molecule has 0 spiro atoms. The normalized spacial score (nSPS) is 11.4. The van der Waals surface area contributed by atoms with Crippen LogP contribution in [0.25, 0.3) is 0 Å². The van der Waals surface area contributed by atoms with Crippen molar-refractivity contribution in [2.45, 2.75) is 11.5 Å². The monoisotopic (exact) mass is 365 g/mol. The van der Waals surface area contributed by atoms with Crippen LogP contribution in [0.1, 0.15) is 5.56 Å². The molecule has 8 heteroatoms. The summed E-state index contributed by atoms with van der Waals surface area (Å²) in [5.41, 5.74) is 0.995. The molecule has 0 radical (unpaired) electrons. The van der Waals surface area contributed by atoms with Gasteiger partial charge in [0.1, 0.15) is 4.90 Å². The maximum Gasteiger partial charge on any atom is 0.264 e. The Hall–Kier alpha value is -0.980. The number of halogens is 3. The first-order chi connectivity index (χ1) is 9.83. The van der Waals surface area contributed by atoms with Gasteiger partial charge < -0.3 is 5.11 Å². The SMILES string of the molecule is O=S(=O)(Nc1ccc(CO)cc1)c1c(Cl)cc(Cl)cc1Cl. The van der Waals surface area contributed by atoms with E-state index < -0.39 is 10.0 Å². The zero-order valence-electron chi connectivity index (χ0n) is 10.5. The van der Waals surface area contributed by atoms with Gasteiger partial charge in [0.25, 0.3) is 10.0 Å². The summed E-state index contributed by atoms with van der Waals surface area (Å²) in [6.07, 6.45) is 0. The summed E-state index contributed by atoms with van der Waals surface area (Å²) in [7, 11) is -3.95. The lowest BCUT2D eigenvalue weighted by Crippen LogP contribution is -2.14. The van der Waals surface area contributed by atoms with Gasteiger partial charge in [0.2, 0.25) is 0 Å². The van der Waals surface area contributed by atoms with E-state index in [-0.39, 0.29) is 26.6 Å². The molecule has 0 heterocycles. The third kappa shape index (κ3) is 3.81. The van der Waals surface area contributed by atoms with Crippen molar-refractivity contribution in [3.05, 3.63) is 57.0 Å². The third-order valence-corrected chi connectivity index (χ3v) is 5.14. The van der Waals surface area contributed by atoms with E-state index in [4.69, 9.17) is 39.9 Å². The van der Waals surface area contributed by atoms with Gasteiger partial charge in [0.15, 0.2) is 0 Å². The van der Waals surface area contributed by atoms with Crippen molar-refractivity contribution in [3.63, 3.8) is 0 Å². The highest BCUT2D eigenvalue weighted by Crippen LogP contribution is 2.33. The predicted octanol–water partition coefficient (Wildman–Crippen LogP) is 3.94. The van der Waals surface area contributed by atoms with Crippen LogP contribution in [0.3, 0.4) is 0 Å². The molecule has 0 saturated heterocycles. The van der Waals surface area contributed by atoms with Gasteiger partial charge >= 0.3 is 0 Å². The maximum atomic E-state index is 12.3. The number of rotatable bonds is 4. The van der Waals surface area contributed by atoms with Crippen molar-refractivity contribution in [3.8, 4) is 0 Å². The lowest BCUT2D eigenvalue weighted by molar-refractivity contribution is 0.282. The minimum Gasteiger partial charge on any atom is -0.392 e. The van der Waals surface area contributed by atoms with Crippen LogP contribution in [0.5, 0.6) is 0 Å². The number of hydrogen-bond donors (Lipinski definition) is 2. The quantitative estimate of drug-likeness (QED) is 0.861. The Labute approximate surface area is 137 Å². The highest BCUT2D eigenvalue weighted by molar-refractivity contribution is 7.93. The Kier molecular flexibility index (Phi) is 5.01. The zero-order chi connectivity index (χ0) is 15.6. The number of benzene rings is 2. The average Bonchev–Trinajstić information content (AvgIpc) is 2.37. The molecule has 112 valence electrons. The fraction of sp³-hybridized carbons (Fsp3) is 0.0769. The highest BCUT2D eigenvalue weighted by Gasteiger charge is 2.22. The van der Waals surface area contributed by atoms with Crippen molar-refractivity contribution in [1.82, 2.24) is 0 Å². The molecule has 0 bridgehead atoms. The summed E-state index contributed by atoms with van der Waals surface area (Å²) in [4.78, 5) is -0.235. The topological polar surface area (TPSA) is 66.4 Å². The van der Waals surface area contributed by atoms with E-state index in [0.29, 0.717) is 11.3 Å². The highest BCUT2D eigenvalue weighted by atomic mass is 35.5. The van der Waals surface area contributed by atoms with Crippen LogP contribution in [-0.2, 0) is 16.6 Å². The molecule has 2 rings (SSSR count). The van der Waals surface area contributed by atoms with Gasteiger partial charge in [-0.1, -0.05) is 46.9 Å². The van der Waals surface area contributed by atoms with Crippen molar-refractivity contribution >= 4 is 50.5 Å². The Bertz CT molecular complexity index is 738. The van der Waals surface area contributed by atoms with E-state index in [1.165, 1.54) is 24.3 Å². The van der Waals surface area contributed by atoms with E-state index in [2.05, 4.69) is 4.72 Å². The molecule has 2 aromatic rings. The Morgan fingerprint density at radius 2 is 1.52 bits per heavy atom. The van der Waals surface area contributed by atoms with Gasteiger partial charge in [-0.05, 0) is 29.8 Å². The molecule has 0 aromatic heterocycles. The van der Waals surface area contributed by atoms with Gasteiger partial charge in [0, 0.05) is 10.7 Å². The van der Waals surface area contributed by atoms with Gasteiger partial charge in [-0.3, -0.25) is 4.72 Å². The number of anilines is 1. The van der Waals surface area contributed by atoms with Crippen molar-refractivity contribution < 1.29 is 13.5 Å². The number of nitrogens with one attached hydrogen (secondary N) is 1. The molecular weight excluding hydrogens is 357 g/mol. The summed E-state index contributed by atoms with van der Waals surface area (Å²) in [5.74, 6) is 0. The molecule has 0 fully saturated rings. The average molecular weight is 367 g/mol. The lowest BCUT2D eigenvalue weighted by Gasteiger charge is -2.11. The van der Waals surface area contributed by atoms with Crippen molar-refractivity contribution in [2.75, 3.05) is 4.72 Å². The molecule has 2 N–H and O–H groups in total. The lowest BCUT2D eigenvalue weighted by atomic mass is 10.2. The van der Waals surface area contributed by atoms with Crippen LogP contribution in [-0.4, -0.2) is 13.5 Å². The number of aliphatic hydroxyl groups is 1. The minimum atomic E-state index is -3.95. The second kappa shape index (κ2) is 6.42. The predicted molar refractivity (Wildman–Crippen MR) is 84.6 cm³/mol. The summed E-state index contributed by atoms with van der Waals surface area (Å²) in [6, 6.07) is 8.87. The van der Waals surface area contributed by atoms with Gasteiger partial charge in [-0.15, -0.1) is 0 Å². The third-order valence-electron chi connectivity index (χ3n) is 2.62. The molecule has 2 aromatic carbocycles. The van der Waals surface area contributed by atoms with Crippen molar-refractivity contribution in [1.29, 1.82) is 0 Å². The molecule has 0 amide bonds. The Morgan fingerprint density at radius 3 is 2.00 bits per heavy atom. The van der Waals surface area contributed by atoms with Gasteiger partial charge in [-0.2, -0.15) is 0 Å². The van der Waals surface area contributed by atoms with Crippen LogP contribution >= 0.6 is 34.8 Å². The molecule has 21 heavy (non-hydrogen) atoms. The first-order valence-corrected chi connectivity index (χ1v) is 8.32. The molecular formula is C13H10Cl3NO3S. The van der Waals surface area contributed by atoms with Crippen LogP contribution in [0.4, 0.5) is 5.69 Å². The number of hydrogen-bond acceptors (Lipinski definition) is 3. The molecule has 0 aliphatic heterocycles. The maximum absolute atomic E-state index is 12.3. The van der Waals surface area contributed by atoms with Crippen molar-refractivity contribution in [2.24, 2.45) is 0 Å². The van der Waals surface area contributed by atoms with E-state index >= 15 is 0 Å². The van der Waals surface area contributed by atoms with Gasteiger partial charge in [-0.25, -0.2) is 8.42 Å². The van der Waals surface area contributed by atoms with Gasteiger partial charge in [0.05, 0.1) is 16.7 Å². The van der Waals surface area contributed by atoms with E-state index in [1.54, 1.807) is 12.1 Å². The summed E-state index contributed by atoms with van der Waals surface area (Å²) in [5, 5.41) is 9.07. The second-order valence-electron chi connectivity index (χ2n) is 4.16. The Balaban J connectivity index is 2.38. The summed E-state index contributed by atoms with van der Waals surface area (Å²) < 4.78 is 27.0. The van der Waals surface area contributed by atoms with E-state index in [1.807, 2.05) is 0 Å².